The van der Waals surface area contributed by atoms with Crippen LogP contribution in [0.5, 0.6) is 0 Å². The largest absolute Gasteiger partial charge is 0.463 e. The summed E-state index contributed by atoms with van der Waals surface area (Å²) in [4.78, 5) is 12.2. The molecule has 0 N–H and O–H groups in total. The number of carbonyl (C=O) groups is 1. The quantitative estimate of drug-likeness (QED) is 0.0643. The maximum absolute atomic E-state index is 12.2. The highest BCUT2D eigenvalue weighted by Gasteiger charge is 2.40. The predicted octanol–water partition coefficient (Wildman–Crippen LogP) is 9.25. The van der Waals surface area contributed by atoms with E-state index in [0.29, 0.717) is 19.6 Å². The molecule has 0 aliphatic carbocycles. The van der Waals surface area contributed by atoms with E-state index in [-0.39, 0.29) is 12.1 Å². The molecule has 1 saturated heterocycles. The van der Waals surface area contributed by atoms with Gasteiger partial charge < -0.3 is 14.2 Å². The molecule has 5 heteroatoms. The molecule has 40 heavy (non-hydrogen) atoms. The Morgan fingerprint density at radius 3 is 1.90 bits per heavy atom. The number of hydrogen-bond donors (Lipinski definition) is 0. The maximum Gasteiger partial charge on any atom is 0.305 e. The Labute approximate surface area is 246 Å². The van der Waals surface area contributed by atoms with E-state index in [1.807, 2.05) is 18.2 Å². The lowest BCUT2D eigenvalue weighted by molar-refractivity contribution is -0.697. The van der Waals surface area contributed by atoms with E-state index in [2.05, 4.69) is 30.8 Å². The first kappa shape index (κ1) is 34.7. The van der Waals surface area contributed by atoms with Crippen LogP contribution in [0, 0.1) is 0 Å². The molecule has 0 radical (unpaired) electrons. The number of nitrogens with zero attached hydrogens (tertiary/aromatic N) is 1. The summed E-state index contributed by atoms with van der Waals surface area (Å²) >= 11 is 0. The monoisotopic (exact) mass is 560 g/mol. The Kier molecular flexibility index (Phi) is 20.1. The average Bonchev–Trinajstić information content (AvgIpc) is 3.37. The summed E-state index contributed by atoms with van der Waals surface area (Å²) < 4.78 is 20.3. The van der Waals surface area contributed by atoms with Crippen LogP contribution in [-0.2, 0) is 25.5 Å². The molecule has 5 nitrogen and oxygen atoms in total. The summed E-state index contributed by atoms with van der Waals surface area (Å²) in [5.41, 5.74) is 0. The molecule has 2 atom stereocenters. The molecular formula is C35H62NO4+. The van der Waals surface area contributed by atoms with Crippen LogP contribution in [0.1, 0.15) is 155 Å². The molecule has 2 rings (SSSR count). The molecule has 0 amide bonds. The summed E-state index contributed by atoms with van der Waals surface area (Å²) in [7, 11) is 0. The van der Waals surface area contributed by atoms with Gasteiger partial charge in [-0.25, -0.2) is 4.57 Å². The highest BCUT2D eigenvalue weighted by molar-refractivity contribution is 5.69. The lowest BCUT2D eigenvalue weighted by atomic mass is 10.0. The molecule has 1 aromatic heterocycles. The van der Waals surface area contributed by atoms with Gasteiger partial charge in [0, 0.05) is 37.8 Å². The molecule has 1 aliphatic rings. The van der Waals surface area contributed by atoms with Crippen LogP contribution in [0.15, 0.2) is 30.6 Å². The Bertz CT molecular complexity index is 727. The molecule has 2 heterocycles. The van der Waals surface area contributed by atoms with E-state index in [1.54, 1.807) is 0 Å². The second-order valence-corrected chi connectivity index (χ2v) is 12.0. The number of aryl methyl sites for hydroxylation is 1. The van der Waals surface area contributed by atoms with Crippen molar-refractivity contribution in [3.05, 3.63) is 30.6 Å². The predicted molar refractivity (Wildman–Crippen MR) is 164 cm³/mol. The topological polar surface area (TPSA) is 48.6 Å². The van der Waals surface area contributed by atoms with E-state index in [0.717, 1.165) is 51.5 Å². The van der Waals surface area contributed by atoms with Crippen LogP contribution in [0.2, 0.25) is 0 Å². The van der Waals surface area contributed by atoms with Crippen molar-refractivity contribution in [2.24, 2.45) is 0 Å². The maximum atomic E-state index is 12.2. The minimum atomic E-state index is -0.475. The third-order valence-corrected chi connectivity index (χ3v) is 8.21. The minimum absolute atomic E-state index is 0.119. The van der Waals surface area contributed by atoms with Crippen LogP contribution in [-0.4, -0.2) is 31.1 Å². The van der Waals surface area contributed by atoms with E-state index in [4.69, 9.17) is 14.2 Å². The standard InChI is InChI=1S/C35H62NO4/c1-3-5-6-7-8-9-10-11-12-13-14-15-16-17-21-27-35(26-4-2)39-32-33(40-35)31-38-34(37)25-20-18-22-28-36-29-23-19-24-30-36/h19,23-24,29-30,33H,3-18,20-22,25-28,31-32H2,1-2H3/q+1. The number of unbranched alkanes of at least 4 members (excludes halogenated alkanes) is 16. The number of pyridine rings is 1. The summed E-state index contributed by atoms with van der Waals surface area (Å²) in [6.45, 7) is 6.30. The first-order chi connectivity index (χ1) is 19.7. The molecular weight excluding hydrogens is 498 g/mol. The van der Waals surface area contributed by atoms with E-state index in [9.17, 15) is 4.79 Å². The second-order valence-electron chi connectivity index (χ2n) is 12.0. The summed E-state index contributed by atoms with van der Waals surface area (Å²) in [6, 6.07) is 6.11. The fraction of sp³-hybridized carbons (Fsp3) is 0.829. The number of aromatic nitrogens is 1. The van der Waals surface area contributed by atoms with Crippen LogP contribution < -0.4 is 4.57 Å². The molecule has 1 fully saturated rings. The van der Waals surface area contributed by atoms with Crippen molar-refractivity contribution < 1.29 is 23.6 Å². The molecule has 0 aromatic carbocycles. The number of ether oxygens (including phenoxy) is 3. The fourth-order valence-electron chi connectivity index (χ4n) is 5.81. The molecule has 0 spiro atoms. The van der Waals surface area contributed by atoms with Crippen molar-refractivity contribution in [1.82, 2.24) is 0 Å². The van der Waals surface area contributed by atoms with Crippen molar-refractivity contribution in [1.29, 1.82) is 0 Å². The van der Waals surface area contributed by atoms with Gasteiger partial charge >= 0.3 is 5.97 Å². The normalized spacial score (nSPS) is 18.8. The van der Waals surface area contributed by atoms with Crippen LogP contribution in [0.3, 0.4) is 0 Å². The Morgan fingerprint density at radius 1 is 0.725 bits per heavy atom. The Balaban J connectivity index is 1.44. The van der Waals surface area contributed by atoms with Crippen LogP contribution in [0.25, 0.3) is 0 Å². The molecule has 0 saturated carbocycles. The van der Waals surface area contributed by atoms with Gasteiger partial charge in [-0.2, -0.15) is 0 Å². The zero-order valence-electron chi connectivity index (χ0n) is 26.2. The van der Waals surface area contributed by atoms with Crippen molar-refractivity contribution in [2.45, 2.75) is 174 Å². The zero-order valence-corrected chi connectivity index (χ0v) is 26.2. The highest BCUT2D eigenvalue weighted by atomic mass is 16.8. The summed E-state index contributed by atoms with van der Waals surface area (Å²) in [5, 5.41) is 0. The van der Waals surface area contributed by atoms with Gasteiger partial charge in [0.05, 0.1) is 6.61 Å². The third kappa shape index (κ3) is 16.7. The molecule has 0 bridgehead atoms. The minimum Gasteiger partial charge on any atom is -0.463 e. The van der Waals surface area contributed by atoms with Crippen molar-refractivity contribution in [3.63, 3.8) is 0 Å². The molecule has 1 aromatic rings. The van der Waals surface area contributed by atoms with Gasteiger partial charge in [-0.05, 0) is 19.3 Å². The third-order valence-electron chi connectivity index (χ3n) is 8.21. The van der Waals surface area contributed by atoms with Gasteiger partial charge in [-0.1, -0.05) is 116 Å². The smallest absolute Gasteiger partial charge is 0.305 e. The van der Waals surface area contributed by atoms with Crippen molar-refractivity contribution >= 4 is 5.97 Å². The van der Waals surface area contributed by atoms with Gasteiger partial charge in [0.1, 0.15) is 19.3 Å². The highest BCUT2D eigenvalue weighted by Crippen LogP contribution is 2.34. The van der Waals surface area contributed by atoms with Crippen LogP contribution >= 0.6 is 0 Å². The van der Waals surface area contributed by atoms with Gasteiger partial charge in [0.25, 0.3) is 0 Å². The summed E-state index contributed by atoms with van der Waals surface area (Å²) in [5.74, 6) is -0.594. The lowest BCUT2D eigenvalue weighted by Crippen LogP contribution is -2.32. The SMILES string of the molecule is CCCCCCCCCCCCCCCCCC1(CCC)OCC(COC(=O)CCCCC[n+]2ccccc2)O1. The first-order valence-electron chi connectivity index (χ1n) is 17.1. The number of carbonyl (C=O) groups excluding carboxylic acids is 1. The fourth-order valence-corrected chi connectivity index (χ4v) is 5.81. The van der Waals surface area contributed by atoms with Gasteiger partial charge in [-0.3, -0.25) is 4.79 Å². The Morgan fingerprint density at radius 2 is 1.30 bits per heavy atom. The van der Waals surface area contributed by atoms with E-state index < -0.39 is 5.79 Å². The van der Waals surface area contributed by atoms with E-state index >= 15 is 0 Å². The number of hydrogen-bond acceptors (Lipinski definition) is 4. The first-order valence-corrected chi connectivity index (χ1v) is 17.1. The van der Waals surface area contributed by atoms with Gasteiger partial charge in [0.15, 0.2) is 18.2 Å². The average molecular weight is 561 g/mol. The lowest BCUT2D eigenvalue weighted by Gasteiger charge is -2.28. The molecule has 2 unspecified atom stereocenters. The van der Waals surface area contributed by atoms with Crippen molar-refractivity contribution in [3.8, 4) is 0 Å². The molecule has 1 aliphatic heterocycles. The number of esters is 1. The Hall–Kier alpha value is -1.46. The zero-order chi connectivity index (χ0) is 28.6. The number of rotatable bonds is 26. The van der Waals surface area contributed by atoms with E-state index in [1.165, 1.54) is 89.9 Å². The second kappa shape index (κ2) is 23.1. The van der Waals surface area contributed by atoms with Crippen molar-refractivity contribution in [2.75, 3.05) is 13.2 Å². The van der Waals surface area contributed by atoms with Crippen LogP contribution in [0.4, 0.5) is 0 Å². The van der Waals surface area contributed by atoms with Gasteiger partial charge in [-0.15, -0.1) is 0 Å². The van der Waals surface area contributed by atoms with Gasteiger partial charge in [0.2, 0.25) is 0 Å². The summed E-state index contributed by atoms with van der Waals surface area (Å²) in [6.07, 6.45) is 31.0. The molecule has 230 valence electrons.